The van der Waals surface area contributed by atoms with Gasteiger partial charge in [-0.2, -0.15) is 20.6 Å². The number of carbonyl (C=O) groups is 1. The van der Waals surface area contributed by atoms with Gasteiger partial charge in [0, 0.05) is 26.7 Å². The van der Waals surface area contributed by atoms with Crippen molar-refractivity contribution < 1.29 is 4.79 Å². The van der Waals surface area contributed by atoms with Crippen LogP contribution in [0.5, 0.6) is 0 Å². The lowest BCUT2D eigenvalue weighted by Gasteiger charge is -2.11. The largest absolute Gasteiger partial charge is 0.382 e. The van der Waals surface area contributed by atoms with Crippen LogP contribution in [-0.4, -0.2) is 44.4 Å². The Kier molecular flexibility index (Phi) is 5.06. The molecule has 11 nitrogen and oxygen atoms in total. The Balaban J connectivity index is 2.15. The van der Waals surface area contributed by atoms with Crippen molar-refractivity contribution in [2.45, 2.75) is 0 Å². The maximum atomic E-state index is 12.5. The number of hydrogen-bond acceptors (Lipinski definition) is 8. The van der Waals surface area contributed by atoms with Gasteiger partial charge in [-0.3, -0.25) is 4.68 Å². The van der Waals surface area contributed by atoms with Gasteiger partial charge in [0.15, 0.2) is 17.1 Å². The summed E-state index contributed by atoms with van der Waals surface area (Å²) in [6.45, 7) is 0. The Morgan fingerprint density at radius 3 is 2.45 bits per heavy atom. The van der Waals surface area contributed by atoms with E-state index >= 15 is 0 Å². The summed E-state index contributed by atoms with van der Waals surface area (Å²) < 4.78 is 2.38. The van der Waals surface area contributed by atoms with Crippen molar-refractivity contribution in [3.05, 3.63) is 41.7 Å². The fraction of sp³-hybridized carbons (Fsp3) is 0.167. The lowest BCUT2D eigenvalue weighted by molar-refractivity contribution is 0.219. The molecular weight excluding hydrogens is 372 g/mol. The summed E-state index contributed by atoms with van der Waals surface area (Å²) in [5.41, 5.74) is 7.18. The van der Waals surface area contributed by atoms with Crippen molar-refractivity contribution in [1.82, 2.24) is 24.2 Å². The summed E-state index contributed by atoms with van der Waals surface area (Å²) in [4.78, 5) is 17.7. The molecule has 2 aromatic heterocycles. The van der Waals surface area contributed by atoms with Crippen LogP contribution in [0.3, 0.4) is 0 Å². The van der Waals surface area contributed by atoms with E-state index in [1.54, 1.807) is 13.1 Å². The van der Waals surface area contributed by atoms with Gasteiger partial charge in [-0.05, 0) is 0 Å². The number of carbonyl (C=O) groups excluding carboxylic acids is 1. The minimum absolute atomic E-state index is 0.209. The molecule has 0 fully saturated rings. The summed E-state index contributed by atoms with van der Waals surface area (Å²) in [6.07, 6.45) is 0. The molecule has 1 aromatic carbocycles. The van der Waals surface area contributed by atoms with Crippen molar-refractivity contribution in [2.24, 2.45) is 17.3 Å². The van der Waals surface area contributed by atoms with E-state index in [9.17, 15) is 15.3 Å². The highest BCUT2D eigenvalue weighted by atomic mass is 16.2. The number of nitrogens with two attached hydrogens (primary N) is 1. The predicted molar refractivity (Wildman–Crippen MR) is 103 cm³/mol. The Bertz CT molecular complexity index is 1190. The number of amides is 1. The van der Waals surface area contributed by atoms with Crippen LogP contribution in [0, 0.1) is 22.7 Å². The highest BCUT2D eigenvalue weighted by Gasteiger charge is 2.24. The third kappa shape index (κ3) is 3.40. The van der Waals surface area contributed by atoms with E-state index in [0.29, 0.717) is 5.69 Å². The number of nitriles is 2. The van der Waals surface area contributed by atoms with Gasteiger partial charge in [-0.15, -0.1) is 10.2 Å². The van der Waals surface area contributed by atoms with Crippen molar-refractivity contribution >= 4 is 23.5 Å². The lowest BCUT2D eigenvalue weighted by Crippen LogP contribution is -2.28. The summed E-state index contributed by atoms with van der Waals surface area (Å²) in [7, 11) is 4.67. The van der Waals surface area contributed by atoms with Gasteiger partial charge < -0.3 is 10.6 Å². The molecule has 0 saturated carbocycles. The van der Waals surface area contributed by atoms with Crippen LogP contribution in [0.4, 0.5) is 22.2 Å². The van der Waals surface area contributed by atoms with Gasteiger partial charge in [-0.1, -0.05) is 30.3 Å². The standard InChI is InChI=1S/C18H16N10O/c1-26(2)18(29)28-13(10-20)12(9-19)22-17(28)24-23-15-14(25-27(3)16(15)21)11-7-5-4-6-8-11/h4-8H,21H2,1-3H3. The van der Waals surface area contributed by atoms with Gasteiger partial charge >= 0.3 is 6.03 Å². The van der Waals surface area contributed by atoms with E-state index in [2.05, 4.69) is 20.3 Å². The molecule has 3 rings (SSSR count). The van der Waals surface area contributed by atoms with E-state index in [1.165, 1.54) is 23.7 Å². The zero-order valence-electron chi connectivity index (χ0n) is 15.9. The van der Waals surface area contributed by atoms with Crippen LogP contribution in [0.25, 0.3) is 11.3 Å². The number of rotatable bonds is 3. The second-order valence-corrected chi connectivity index (χ2v) is 6.12. The van der Waals surface area contributed by atoms with Crippen molar-refractivity contribution in [1.29, 1.82) is 10.5 Å². The number of anilines is 1. The number of aromatic nitrogens is 4. The molecule has 0 saturated heterocycles. The first-order chi connectivity index (χ1) is 13.9. The van der Waals surface area contributed by atoms with E-state index in [1.807, 2.05) is 36.4 Å². The molecule has 11 heteroatoms. The Labute approximate surface area is 165 Å². The average molecular weight is 388 g/mol. The third-order valence-corrected chi connectivity index (χ3v) is 4.00. The lowest BCUT2D eigenvalue weighted by atomic mass is 10.1. The Morgan fingerprint density at radius 1 is 1.17 bits per heavy atom. The Morgan fingerprint density at radius 2 is 1.86 bits per heavy atom. The number of imidazole rings is 1. The molecule has 0 spiro atoms. The van der Waals surface area contributed by atoms with E-state index in [0.717, 1.165) is 10.1 Å². The summed E-state index contributed by atoms with van der Waals surface area (Å²) in [6, 6.07) is 12.3. The number of hydrogen-bond donors (Lipinski definition) is 1. The summed E-state index contributed by atoms with van der Waals surface area (Å²) >= 11 is 0. The highest BCUT2D eigenvalue weighted by molar-refractivity contribution is 5.82. The highest BCUT2D eigenvalue weighted by Crippen LogP contribution is 2.35. The van der Waals surface area contributed by atoms with E-state index in [-0.39, 0.29) is 28.8 Å². The van der Waals surface area contributed by atoms with Crippen LogP contribution >= 0.6 is 0 Å². The first-order valence-corrected chi connectivity index (χ1v) is 8.33. The van der Waals surface area contributed by atoms with Crippen LogP contribution < -0.4 is 5.73 Å². The summed E-state index contributed by atoms with van der Waals surface area (Å²) in [5, 5.41) is 31.1. The van der Waals surface area contributed by atoms with Crippen molar-refractivity contribution in [3.63, 3.8) is 0 Å². The number of nitrogens with zero attached hydrogens (tertiary/aromatic N) is 9. The average Bonchev–Trinajstić information content (AvgIpc) is 3.23. The van der Waals surface area contributed by atoms with Crippen LogP contribution in [0.1, 0.15) is 11.4 Å². The molecular formula is C18H16N10O. The molecule has 2 heterocycles. The van der Waals surface area contributed by atoms with Crippen molar-refractivity contribution in [3.8, 4) is 23.4 Å². The van der Waals surface area contributed by atoms with Crippen molar-refractivity contribution in [2.75, 3.05) is 19.8 Å². The fourth-order valence-electron chi connectivity index (χ4n) is 2.55. The minimum Gasteiger partial charge on any atom is -0.382 e. The van der Waals surface area contributed by atoms with E-state index in [4.69, 9.17) is 5.73 Å². The molecule has 0 bridgehead atoms. The molecule has 0 atom stereocenters. The summed E-state index contributed by atoms with van der Waals surface area (Å²) in [5.74, 6) is 0.0460. The second-order valence-electron chi connectivity index (χ2n) is 6.12. The normalized spacial score (nSPS) is 10.7. The minimum atomic E-state index is -0.591. The molecule has 29 heavy (non-hydrogen) atoms. The SMILES string of the molecule is CN(C)C(=O)n1c(N=Nc2c(-c3ccccc3)nn(C)c2N)nc(C#N)c1C#N. The number of benzene rings is 1. The van der Waals surface area contributed by atoms with Crippen LogP contribution in [0.2, 0.25) is 0 Å². The van der Waals surface area contributed by atoms with Crippen LogP contribution in [-0.2, 0) is 7.05 Å². The number of aryl methyl sites for hydroxylation is 1. The second kappa shape index (κ2) is 7.62. The van der Waals surface area contributed by atoms with Gasteiger partial charge in [-0.25, -0.2) is 9.36 Å². The zero-order chi connectivity index (χ0) is 21.1. The molecule has 0 aliphatic heterocycles. The molecule has 144 valence electrons. The maximum Gasteiger partial charge on any atom is 0.331 e. The Hall–Kier alpha value is -4.51. The zero-order valence-corrected chi connectivity index (χ0v) is 15.9. The third-order valence-electron chi connectivity index (χ3n) is 4.00. The monoisotopic (exact) mass is 388 g/mol. The molecule has 0 unspecified atom stereocenters. The van der Waals surface area contributed by atoms with Gasteiger partial charge in [0.1, 0.15) is 23.7 Å². The molecule has 0 aliphatic rings. The van der Waals surface area contributed by atoms with Gasteiger partial charge in [0.25, 0.3) is 5.95 Å². The fourth-order valence-corrected chi connectivity index (χ4v) is 2.55. The quantitative estimate of drug-likeness (QED) is 0.680. The molecule has 1 amide bonds. The molecule has 0 aliphatic carbocycles. The maximum absolute atomic E-state index is 12.5. The molecule has 3 aromatic rings. The van der Waals surface area contributed by atoms with Crippen LogP contribution in [0.15, 0.2) is 40.6 Å². The van der Waals surface area contributed by atoms with Gasteiger partial charge in [0.05, 0.1) is 0 Å². The molecule has 0 radical (unpaired) electrons. The number of nitrogen functional groups attached to an aromatic ring is 1. The first-order valence-electron chi connectivity index (χ1n) is 8.33. The smallest absolute Gasteiger partial charge is 0.331 e. The predicted octanol–water partition coefficient (Wildman–Crippen LogP) is 2.55. The molecule has 2 N–H and O–H groups in total. The topological polar surface area (TPSA) is 154 Å². The van der Waals surface area contributed by atoms with E-state index < -0.39 is 6.03 Å². The number of azo groups is 1. The first kappa shape index (κ1) is 19.3. The van der Waals surface area contributed by atoms with Gasteiger partial charge in [0.2, 0.25) is 0 Å².